The van der Waals surface area contributed by atoms with Gasteiger partial charge in [-0.15, -0.1) is 0 Å². The highest BCUT2D eigenvalue weighted by atomic mass is 16.6. The number of allylic oxidation sites excluding steroid dienone is 2. The van der Waals surface area contributed by atoms with Crippen LogP contribution in [0.3, 0.4) is 0 Å². The fraction of sp³-hybridized carbons (Fsp3) is 0.911. The number of esters is 3. The van der Waals surface area contributed by atoms with E-state index >= 15 is 0 Å². The van der Waals surface area contributed by atoms with Crippen molar-refractivity contribution in [3.05, 3.63) is 12.2 Å². The molecule has 0 aliphatic heterocycles. The van der Waals surface area contributed by atoms with Crippen LogP contribution in [0.1, 0.15) is 310 Å². The van der Waals surface area contributed by atoms with E-state index in [1.807, 2.05) is 0 Å². The van der Waals surface area contributed by atoms with E-state index < -0.39 is 6.10 Å². The number of ether oxygens (including phenoxy) is 3. The smallest absolute Gasteiger partial charge is 0.306 e. The monoisotopic (exact) mass is 875 g/mol. The molecular formula is C56H106O6. The molecule has 0 aromatic heterocycles. The minimum Gasteiger partial charge on any atom is -0.462 e. The lowest BCUT2D eigenvalue weighted by Crippen LogP contribution is -2.30. The van der Waals surface area contributed by atoms with Crippen molar-refractivity contribution in [1.82, 2.24) is 0 Å². The van der Waals surface area contributed by atoms with Crippen molar-refractivity contribution in [3.8, 4) is 0 Å². The molecule has 6 heteroatoms. The van der Waals surface area contributed by atoms with Gasteiger partial charge in [0.05, 0.1) is 0 Å². The summed E-state index contributed by atoms with van der Waals surface area (Å²) in [7, 11) is 0. The van der Waals surface area contributed by atoms with Gasteiger partial charge in [0.1, 0.15) is 13.2 Å². The molecule has 0 aliphatic carbocycles. The first-order valence-electron chi connectivity index (χ1n) is 27.7. The number of rotatable bonds is 51. The molecule has 0 bridgehead atoms. The maximum Gasteiger partial charge on any atom is 0.306 e. The van der Waals surface area contributed by atoms with Crippen LogP contribution in [-0.2, 0) is 28.6 Å². The molecule has 62 heavy (non-hydrogen) atoms. The summed E-state index contributed by atoms with van der Waals surface area (Å²) in [5, 5.41) is 0. The van der Waals surface area contributed by atoms with E-state index in [2.05, 4.69) is 32.9 Å². The largest absolute Gasteiger partial charge is 0.462 e. The molecular weight excluding hydrogens is 769 g/mol. The van der Waals surface area contributed by atoms with Gasteiger partial charge in [-0.3, -0.25) is 14.4 Å². The van der Waals surface area contributed by atoms with Crippen molar-refractivity contribution in [3.63, 3.8) is 0 Å². The molecule has 1 unspecified atom stereocenters. The van der Waals surface area contributed by atoms with E-state index in [1.165, 1.54) is 205 Å². The second kappa shape index (κ2) is 51.8. The molecule has 0 heterocycles. The lowest BCUT2D eigenvalue weighted by Gasteiger charge is -2.18. The summed E-state index contributed by atoms with van der Waals surface area (Å²) in [6, 6.07) is 0. The lowest BCUT2D eigenvalue weighted by atomic mass is 10.0. The minimum atomic E-state index is -0.764. The topological polar surface area (TPSA) is 78.9 Å². The number of hydrogen-bond acceptors (Lipinski definition) is 6. The summed E-state index contributed by atoms with van der Waals surface area (Å²) in [6.07, 6.45) is 58.2. The zero-order chi connectivity index (χ0) is 45.1. The molecule has 0 aromatic rings. The Labute approximate surface area is 386 Å². The maximum absolute atomic E-state index is 12.8. The molecule has 6 nitrogen and oxygen atoms in total. The molecule has 0 fully saturated rings. The van der Waals surface area contributed by atoms with Crippen LogP contribution >= 0.6 is 0 Å². The van der Waals surface area contributed by atoms with Crippen LogP contribution in [0.25, 0.3) is 0 Å². The Bertz CT molecular complexity index is 962. The summed E-state index contributed by atoms with van der Waals surface area (Å²) < 4.78 is 16.7. The Morgan fingerprint density at radius 2 is 0.532 bits per heavy atom. The van der Waals surface area contributed by atoms with E-state index in [-0.39, 0.29) is 31.1 Å². The van der Waals surface area contributed by atoms with Crippen molar-refractivity contribution in [2.75, 3.05) is 13.2 Å². The number of unbranched alkanes of at least 4 members (excludes halogenated alkanes) is 38. The molecule has 0 N–H and O–H groups in total. The maximum atomic E-state index is 12.8. The molecule has 0 radical (unpaired) electrons. The van der Waals surface area contributed by atoms with Crippen LogP contribution in [0.15, 0.2) is 12.2 Å². The summed E-state index contributed by atoms with van der Waals surface area (Å²) in [5.41, 5.74) is 0. The van der Waals surface area contributed by atoms with Gasteiger partial charge in [0.2, 0.25) is 0 Å². The molecule has 0 rings (SSSR count). The number of hydrogen-bond donors (Lipinski definition) is 0. The second-order valence-corrected chi connectivity index (χ2v) is 18.9. The third-order valence-electron chi connectivity index (χ3n) is 12.5. The van der Waals surface area contributed by atoms with Gasteiger partial charge in [-0.25, -0.2) is 0 Å². The highest BCUT2D eigenvalue weighted by Crippen LogP contribution is 2.17. The van der Waals surface area contributed by atoms with Gasteiger partial charge >= 0.3 is 17.9 Å². The Balaban J connectivity index is 4.07. The first-order valence-corrected chi connectivity index (χ1v) is 27.7. The molecule has 0 aromatic carbocycles. The molecule has 0 amide bonds. The predicted octanol–water partition coefficient (Wildman–Crippen LogP) is 18.2. The minimum absolute atomic E-state index is 0.0675. The van der Waals surface area contributed by atoms with Gasteiger partial charge in [0.15, 0.2) is 6.10 Å². The van der Waals surface area contributed by atoms with Crippen LogP contribution in [0.2, 0.25) is 0 Å². The van der Waals surface area contributed by atoms with Crippen LogP contribution in [0.4, 0.5) is 0 Å². The SMILES string of the molecule is CCCCCCCCC/C=C\CCCCCCCCCC(=O)OC(COC(=O)CCCCCCC)COC(=O)CCCCCCCCCCCCCCCCCCCCCCC. The van der Waals surface area contributed by atoms with Crippen molar-refractivity contribution < 1.29 is 28.6 Å². The lowest BCUT2D eigenvalue weighted by molar-refractivity contribution is -0.167. The van der Waals surface area contributed by atoms with Gasteiger partial charge < -0.3 is 14.2 Å². The Morgan fingerprint density at radius 1 is 0.306 bits per heavy atom. The Hall–Kier alpha value is -1.85. The van der Waals surface area contributed by atoms with Crippen LogP contribution < -0.4 is 0 Å². The zero-order valence-corrected chi connectivity index (χ0v) is 41.9. The summed E-state index contributed by atoms with van der Waals surface area (Å²) >= 11 is 0. The molecule has 1 atom stereocenters. The fourth-order valence-electron chi connectivity index (χ4n) is 8.32. The van der Waals surface area contributed by atoms with Gasteiger partial charge in [0.25, 0.3) is 0 Å². The van der Waals surface area contributed by atoms with Crippen molar-refractivity contribution >= 4 is 17.9 Å². The number of carbonyl (C=O) groups is 3. The normalized spacial score (nSPS) is 12.0. The Kier molecular flexibility index (Phi) is 50.2. The van der Waals surface area contributed by atoms with E-state index in [1.54, 1.807) is 0 Å². The average molecular weight is 875 g/mol. The molecule has 0 saturated heterocycles. The second-order valence-electron chi connectivity index (χ2n) is 18.9. The standard InChI is InChI=1S/C56H106O6/c1-4-7-10-13-15-17-19-21-23-25-27-28-29-31-32-34-36-38-40-43-46-49-55(58)61-52-53(51-60-54(57)48-45-42-12-9-6-3)62-56(59)50-47-44-41-39-37-35-33-30-26-24-22-20-18-16-14-11-8-5-2/h24,26,53H,4-23,25,27-52H2,1-3H3/b26-24-. The van der Waals surface area contributed by atoms with Crippen molar-refractivity contribution in [2.24, 2.45) is 0 Å². The van der Waals surface area contributed by atoms with Crippen LogP contribution in [-0.4, -0.2) is 37.2 Å². The van der Waals surface area contributed by atoms with Gasteiger partial charge in [0, 0.05) is 19.3 Å². The summed E-state index contributed by atoms with van der Waals surface area (Å²) in [6.45, 7) is 6.60. The van der Waals surface area contributed by atoms with Gasteiger partial charge in [-0.1, -0.05) is 258 Å². The first kappa shape index (κ1) is 60.2. The van der Waals surface area contributed by atoms with Gasteiger partial charge in [-0.05, 0) is 44.9 Å². The summed E-state index contributed by atoms with van der Waals surface area (Å²) in [5.74, 6) is -0.868. The molecule has 0 aliphatic rings. The first-order chi connectivity index (χ1) is 30.5. The van der Waals surface area contributed by atoms with E-state index in [0.29, 0.717) is 19.3 Å². The zero-order valence-electron chi connectivity index (χ0n) is 41.9. The highest BCUT2D eigenvalue weighted by molar-refractivity contribution is 5.71. The Morgan fingerprint density at radius 3 is 0.806 bits per heavy atom. The predicted molar refractivity (Wildman–Crippen MR) is 266 cm³/mol. The molecule has 0 saturated carbocycles. The van der Waals surface area contributed by atoms with Gasteiger partial charge in [-0.2, -0.15) is 0 Å². The van der Waals surface area contributed by atoms with Crippen molar-refractivity contribution in [1.29, 1.82) is 0 Å². The van der Waals surface area contributed by atoms with Crippen molar-refractivity contribution in [2.45, 2.75) is 316 Å². The molecule has 0 spiro atoms. The van der Waals surface area contributed by atoms with E-state index in [4.69, 9.17) is 14.2 Å². The average Bonchev–Trinajstić information content (AvgIpc) is 3.27. The third kappa shape index (κ3) is 49.2. The van der Waals surface area contributed by atoms with Crippen LogP contribution in [0.5, 0.6) is 0 Å². The number of carbonyl (C=O) groups excluding carboxylic acids is 3. The molecule has 366 valence electrons. The highest BCUT2D eigenvalue weighted by Gasteiger charge is 2.19. The van der Waals surface area contributed by atoms with Crippen LogP contribution in [0, 0.1) is 0 Å². The third-order valence-corrected chi connectivity index (χ3v) is 12.5. The van der Waals surface area contributed by atoms with E-state index in [9.17, 15) is 14.4 Å². The summed E-state index contributed by atoms with van der Waals surface area (Å²) in [4.78, 5) is 37.7. The fourth-order valence-corrected chi connectivity index (χ4v) is 8.32. The quantitative estimate of drug-likeness (QED) is 0.0262. The van der Waals surface area contributed by atoms with E-state index in [0.717, 1.165) is 64.2 Å².